The minimum Gasteiger partial charge on any atom is -0.466 e. The molecule has 0 aromatic carbocycles. The smallest absolute Gasteiger partial charge is 0.305 e. The van der Waals surface area contributed by atoms with Crippen molar-refractivity contribution in [2.45, 2.75) is 65.7 Å². The van der Waals surface area contributed by atoms with Crippen LogP contribution in [0.25, 0.3) is 0 Å². The second kappa shape index (κ2) is 16.4. The molecule has 0 aliphatic carbocycles. The fourth-order valence-electron chi connectivity index (χ4n) is 1.28. The van der Waals surface area contributed by atoms with Gasteiger partial charge in [-0.25, -0.2) is 0 Å². The number of nitriles is 1. The van der Waals surface area contributed by atoms with E-state index in [2.05, 4.69) is 6.92 Å². The highest BCUT2D eigenvalue weighted by Gasteiger charge is 1.99. The van der Waals surface area contributed by atoms with E-state index < -0.39 is 0 Å². The van der Waals surface area contributed by atoms with Crippen molar-refractivity contribution in [1.29, 1.82) is 5.26 Å². The monoisotopic (exact) mass is 227 g/mol. The van der Waals surface area contributed by atoms with Crippen LogP contribution in [0.5, 0.6) is 0 Å². The predicted octanol–water partition coefficient (Wildman–Crippen LogP) is 3.83. The van der Waals surface area contributed by atoms with Gasteiger partial charge >= 0.3 is 5.97 Å². The first-order valence-corrected chi connectivity index (χ1v) is 6.19. The van der Waals surface area contributed by atoms with Crippen molar-refractivity contribution in [3.8, 4) is 6.07 Å². The average Bonchev–Trinajstić information content (AvgIpc) is 2.25. The molecule has 0 amide bonds. The molecule has 0 saturated carbocycles. The minimum absolute atomic E-state index is 0.0435. The van der Waals surface area contributed by atoms with Gasteiger partial charge in [-0.3, -0.25) is 4.79 Å². The average molecular weight is 227 g/mol. The molecule has 0 unspecified atom stereocenters. The Morgan fingerprint density at radius 2 is 1.62 bits per heavy atom. The van der Waals surface area contributed by atoms with Crippen molar-refractivity contribution in [2.75, 3.05) is 6.61 Å². The van der Waals surface area contributed by atoms with Gasteiger partial charge in [-0.2, -0.15) is 5.26 Å². The molecule has 0 fully saturated rings. The highest BCUT2D eigenvalue weighted by molar-refractivity contribution is 5.69. The highest BCUT2D eigenvalue weighted by Crippen LogP contribution is 2.07. The summed E-state index contributed by atoms with van der Waals surface area (Å²) < 4.78 is 4.83. The second-order valence-electron chi connectivity index (χ2n) is 3.55. The molecule has 3 nitrogen and oxygen atoms in total. The molecule has 0 aromatic rings. The van der Waals surface area contributed by atoms with E-state index in [9.17, 15) is 4.79 Å². The van der Waals surface area contributed by atoms with Gasteiger partial charge in [0.05, 0.1) is 12.7 Å². The zero-order valence-corrected chi connectivity index (χ0v) is 10.9. The van der Waals surface area contributed by atoms with Crippen LogP contribution in [-0.2, 0) is 9.53 Å². The lowest BCUT2D eigenvalue weighted by molar-refractivity contribution is -0.143. The zero-order chi connectivity index (χ0) is 12.6. The van der Waals surface area contributed by atoms with E-state index in [1.807, 2.05) is 6.92 Å². The summed E-state index contributed by atoms with van der Waals surface area (Å²) in [6.07, 6.45) is 7.91. The third kappa shape index (κ3) is 18.7. The van der Waals surface area contributed by atoms with Crippen LogP contribution in [0.3, 0.4) is 0 Å². The number of nitrogens with zero attached hydrogens (tertiary/aromatic N) is 1. The molecule has 0 heterocycles. The Morgan fingerprint density at radius 3 is 2.12 bits per heavy atom. The van der Waals surface area contributed by atoms with Crippen LogP contribution in [0, 0.1) is 11.3 Å². The van der Waals surface area contributed by atoms with E-state index in [1.165, 1.54) is 39.0 Å². The van der Waals surface area contributed by atoms with Gasteiger partial charge in [0, 0.05) is 13.3 Å². The van der Waals surface area contributed by atoms with Crippen LogP contribution in [0.4, 0.5) is 0 Å². The summed E-state index contributed by atoms with van der Waals surface area (Å²) in [5.74, 6) is -0.0435. The Bertz CT molecular complexity index is 185. The van der Waals surface area contributed by atoms with Crippen molar-refractivity contribution in [2.24, 2.45) is 0 Å². The Morgan fingerprint density at radius 1 is 1.12 bits per heavy atom. The van der Waals surface area contributed by atoms with E-state index in [0.29, 0.717) is 13.0 Å². The molecule has 0 aromatic heterocycles. The van der Waals surface area contributed by atoms with Crippen LogP contribution < -0.4 is 0 Å². The first-order chi connectivity index (χ1) is 7.72. The summed E-state index contributed by atoms with van der Waals surface area (Å²) in [5.41, 5.74) is 0. The fraction of sp³-hybridized carbons (Fsp3) is 0.846. The van der Waals surface area contributed by atoms with Gasteiger partial charge in [0.15, 0.2) is 0 Å². The highest BCUT2D eigenvalue weighted by atomic mass is 16.5. The van der Waals surface area contributed by atoms with E-state index in [4.69, 9.17) is 10.00 Å². The van der Waals surface area contributed by atoms with Gasteiger partial charge in [0.2, 0.25) is 0 Å². The zero-order valence-electron chi connectivity index (χ0n) is 10.9. The van der Waals surface area contributed by atoms with Crippen molar-refractivity contribution in [3.63, 3.8) is 0 Å². The summed E-state index contributed by atoms with van der Waals surface area (Å²) in [5, 5.41) is 7.32. The molecular weight excluding hydrogens is 202 g/mol. The number of hydrogen-bond acceptors (Lipinski definition) is 3. The Kier molecular flexibility index (Phi) is 17.8. The third-order valence-corrected chi connectivity index (χ3v) is 2.04. The van der Waals surface area contributed by atoms with Gasteiger partial charge in [-0.15, -0.1) is 0 Å². The van der Waals surface area contributed by atoms with Crippen LogP contribution in [0.1, 0.15) is 65.7 Å². The van der Waals surface area contributed by atoms with Gasteiger partial charge in [-0.1, -0.05) is 39.0 Å². The third-order valence-electron chi connectivity index (χ3n) is 2.04. The lowest BCUT2D eigenvalue weighted by Crippen LogP contribution is -2.03. The molecule has 0 atom stereocenters. The quantitative estimate of drug-likeness (QED) is 0.467. The largest absolute Gasteiger partial charge is 0.466 e. The number of hydrogen-bond donors (Lipinski definition) is 0. The Labute approximate surface area is 99.8 Å². The van der Waals surface area contributed by atoms with Crippen molar-refractivity contribution in [3.05, 3.63) is 0 Å². The summed E-state index contributed by atoms with van der Waals surface area (Å²) in [4.78, 5) is 10.9. The Balaban J connectivity index is 0. The maximum absolute atomic E-state index is 10.9. The number of unbranched alkanes of at least 4 members (excludes halogenated alkanes) is 5. The molecule has 0 aliphatic heterocycles. The van der Waals surface area contributed by atoms with Gasteiger partial charge in [0.25, 0.3) is 0 Å². The summed E-state index contributed by atoms with van der Waals surface area (Å²) in [6, 6.07) is 1.75. The number of carbonyl (C=O) groups excluding carboxylic acids is 1. The van der Waals surface area contributed by atoms with Crippen molar-refractivity contribution in [1.82, 2.24) is 0 Å². The van der Waals surface area contributed by atoms with Crippen molar-refractivity contribution < 1.29 is 9.53 Å². The molecule has 0 bridgehead atoms. The Hall–Kier alpha value is -1.04. The number of carbonyl (C=O) groups is 1. The van der Waals surface area contributed by atoms with E-state index in [1.54, 1.807) is 6.07 Å². The van der Waals surface area contributed by atoms with E-state index >= 15 is 0 Å². The van der Waals surface area contributed by atoms with E-state index in [0.717, 1.165) is 6.42 Å². The fourth-order valence-corrected chi connectivity index (χ4v) is 1.28. The minimum atomic E-state index is -0.0435. The van der Waals surface area contributed by atoms with Gasteiger partial charge in [0.1, 0.15) is 0 Å². The molecule has 0 radical (unpaired) electrons. The standard InChI is InChI=1S/C11H22O2.C2H3N/c1-3-5-6-7-8-9-10-11(12)13-4-2;1-2-3/h3-10H2,1-2H3;1H3. The molecule has 16 heavy (non-hydrogen) atoms. The maximum atomic E-state index is 10.9. The normalized spacial score (nSPS) is 8.62. The molecule has 0 spiro atoms. The summed E-state index contributed by atoms with van der Waals surface area (Å²) in [7, 11) is 0. The predicted molar refractivity (Wildman–Crippen MR) is 65.9 cm³/mol. The maximum Gasteiger partial charge on any atom is 0.305 e. The van der Waals surface area contributed by atoms with Gasteiger partial charge in [-0.05, 0) is 13.3 Å². The SMILES string of the molecule is CC#N.CCCCCCCCC(=O)OCC. The molecule has 0 aliphatic rings. The lowest BCUT2D eigenvalue weighted by Gasteiger charge is -2.01. The topological polar surface area (TPSA) is 50.1 Å². The first kappa shape index (κ1) is 17.4. The van der Waals surface area contributed by atoms with Gasteiger partial charge < -0.3 is 4.74 Å². The van der Waals surface area contributed by atoms with Crippen LogP contribution in [0.2, 0.25) is 0 Å². The van der Waals surface area contributed by atoms with Crippen LogP contribution >= 0.6 is 0 Å². The molecule has 0 saturated heterocycles. The summed E-state index contributed by atoms with van der Waals surface area (Å²) >= 11 is 0. The molecule has 94 valence electrons. The lowest BCUT2D eigenvalue weighted by atomic mass is 10.1. The van der Waals surface area contributed by atoms with E-state index in [-0.39, 0.29) is 5.97 Å². The molecule has 3 heteroatoms. The number of rotatable bonds is 8. The summed E-state index contributed by atoms with van der Waals surface area (Å²) in [6.45, 7) is 5.99. The number of esters is 1. The first-order valence-electron chi connectivity index (χ1n) is 6.19. The van der Waals surface area contributed by atoms with Crippen molar-refractivity contribution >= 4 is 5.97 Å². The molecule has 0 N–H and O–H groups in total. The molecular formula is C13H25NO2. The van der Waals surface area contributed by atoms with Crippen LogP contribution in [-0.4, -0.2) is 12.6 Å². The second-order valence-corrected chi connectivity index (χ2v) is 3.55. The number of ether oxygens (including phenoxy) is 1. The van der Waals surface area contributed by atoms with Crippen LogP contribution in [0.15, 0.2) is 0 Å². The molecule has 0 rings (SSSR count).